The van der Waals surface area contributed by atoms with Crippen LogP contribution in [0.15, 0.2) is 18.2 Å². The van der Waals surface area contributed by atoms with E-state index >= 15 is 0 Å². The predicted octanol–water partition coefficient (Wildman–Crippen LogP) is 2.09. The van der Waals surface area contributed by atoms with Crippen LogP contribution < -0.4 is 5.32 Å². The van der Waals surface area contributed by atoms with Crippen LogP contribution in [0.25, 0.3) is 0 Å². The Balaban J connectivity index is 2.24. The first kappa shape index (κ1) is 14.2. The van der Waals surface area contributed by atoms with Crippen molar-refractivity contribution in [1.82, 2.24) is 10.2 Å². The van der Waals surface area contributed by atoms with Gasteiger partial charge in [-0.3, -0.25) is 4.90 Å². The number of rotatable bonds is 4. The standard InChI is InChI=1S/C15H24N2O2/c1-11(2)7-15(17-5-3-16-4-6-17)12-8-13(18)10-14(19)9-12/h8-11,15-16,18-19H,3-7H2,1-2H3/t15-/m0/s1. The Bertz CT molecular complexity index is 394. The van der Waals surface area contributed by atoms with E-state index < -0.39 is 0 Å². The highest BCUT2D eigenvalue weighted by Gasteiger charge is 2.23. The largest absolute Gasteiger partial charge is 0.508 e. The van der Waals surface area contributed by atoms with Gasteiger partial charge >= 0.3 is 0 Å². The number of phenols is 2. The molecular weight excluding hydrogens is 240 g/mol. The van der Waals surface area contributed by atoms with Crippen LogP contribution in [-0.2, 0) is 0 Å². The Kier molecular flexibility index (Phi) is 4.66. The summed E-state index contributed by atoms with van der Waals surface area (Å²) in [7, 11) is 0. The molecule has 0 amide bonds. The number of hydrogen-bond acceptors (Lipinski definition) is 4. The maximum Gasteiger partial charge on any atom is 0.119 e. The van der Waals surface area contributed by atoms with Gasteiger partial charge in [0.2, 0.25) is 0 Å². The van der Waals surface area contributed by atoms with E-state index in [0.29, 0.717) is 5.92 Å². The van der Waals surface area contributed by atoms with Crippen molar-refractivity contribution in [2.24, 2.45) is 5.92 Å². The lowest BCUT2D eigenvalue weighted by atomic mass is 9.94. The molecule has 106 valence electrons. The van der Waals surface area contributed by atoms with Gasteiger partial charge in [0.25, 0.3) is 0 Å². The lowest BCUT2D eigenvalue weighted by molar-refractivity contribution is 0.153. The van der Waals surface area contributed by atoms with Crippen LogP contribution in [0.4, 0.5) is 0 Å². The van der Waals surface area contributed by atoms with E-state index in [1.165, 1.54) is 6.07 Å². The fraction of sp³-hybridized carbons (Fsp3) is 0.600. The van der Waals surface area contributed by atoms with E-state index in [0.717, 1.165) is 38.2 Å². The van der Waals surface area contributed by atoms with Gasteiger partial charge in [-0.15, -0.1) is 0 Å². The van der Waals surface area contributed by atoms with Crippen LogP contribution in [0.3, 0.4) is 0 Å². The molecule has 1 aliphatic heterocycles. The third-order valence-electron chi connectivity index (χ3n) is 3.60. The summed E-state index contributed by atoms with van der Waals surface area (Å²) < 4.78 is 0. The molecule has 0 aliphatic carbocycles. The molecule has 1 aliphatic rings. The van der Waals surface area contributed by atoms with Crippen molar-refractivity contribution in [1.29, 1.82) is 0 Å². The highest BCUT2D eigenvalue weighted by molar-refractivity contribution is 5.38. The molecule has 4 nitrogen and oxygen atoms in total. The average molecular weight is 264 g/mol. The van der Waals surface area contributed by atoms with E-state index in [1.807, 2.05) is 0 Å². The van der Waals surface area contributed by atoms with Crippen molar-refractivity contribution in [3.63, 3.8) is 0 Å². The predicted molar refractivity (Wildman–Crippen MR) is 76.4 cm³/mol. The summed E-state index contributed by atoms with van der Waals surface area (Å²) >= 11 is 0. The molecule has 1 fully saturated rings. The number of hydrogen-bond donors (Lipinski definition) is 3. The molecule has 0 spiro atoms. The van der Waals surface area contributed by atoms with Gasteiger partial charge in [0.15, 0.2) is 0 Å². The van der Waals surface area contributed by atoms with Gasteiger partial charge in [-0.25, -0.2) is 0 Å². The fourth-order valence-corrected chi connectivity index (χ4v) is 2.75. The number of benzene rings is 1. The molecule has 4 heteroatoms. The Morgan fingerprint density at radius 3 is 2.21 bits per heavy atom. The zero-order valence-electron chi connectivity index (χ0n) is 11.8. The lowest BCUT2D eigenvalue weighted by Gasteiger charge is -2.36. The molecule has 0 aromatic heterocycles. The van der Waals surface area contributed by atoms with E-state index in [4.69, 9.17) is 0 Å². The number of aromatic hydroxyl groups is 2. The fourth-order valence-electron chi connectivity index (χ4n) is 2.75. The average Bonchev–Trinajstić information content (AvgIpc) is 2.35. The molecular formula is C15H24N2O2. The van der Waals surface area contributed by atoms with Crippen molar-refractivity contribution in [2.75, 3.05) is 26.2 Å². The molecule has 19 heavy (non-hydrogen) atoms. The summed E-state index contributed by atoms with van der Waals surface area (Å²) in [5, 5.41) is 22.7. The van der Waals surface area contributed by atoms with Crippen LogP contribution in [0, 0.1) is 5.92 Å². The van der Waals surface area contributed by atoms with Crippen molar-refractivity contribution < 1.29 is 10.2 Å². The minimum atomic E-state index is 0.138. The molecule has 0 saturated carbocycles. The molecule has 1 aromatic carbocycles. The smallest absolute Gasteiger partial charge is 0.119 e. The van der Waals surface area contributed by atoms with Gasteiger partial charge < -0.3 is 15.5 Å². The Hall–Kier alpha value is -1.26. The highest BCUT2D eigenvalue weighted by Crippen LogP contribution is 2.32. The van der Waals surface area contributed by atoms with E-state index in [-0.39, 0.29) is 17.5 Å². The van der Waals surface area contributed by atoms with Crippen LogP contribution in [-0.4, -0.2) is 41.3 Å². The summed E-state index contributed by atoms with van der Waals surface area (Å²) in [4.78, 5) is 2.44. The Morgan fingerprint density at radius 2 is 1.68 bits per heavy atom. The number of piperazine rings is 1. The first-order valence-corrected chi connectivity index (χ1v) is 7.04. The van der Waals surface area contributed by atoms with Crippen LogP contribution in [0.1, 0.15) is 31.9 Å². The SMILES string of the molecule is CC(C)C[C@@H](c1cc(O)cc(O)c1)N1CCNCC1. The molecule has 3 N–H and O–H groups in total. The molecule has 1 aromatic rings. The molecule has 0 unspecified atom stereocenters. The molecule has 0 bridgehead atoms. The Morgan fingerprint density at radius 1 is 1.11 bits per heavy atom. The van der Waals surface area contributed by atoms with Crippen molar-refractivity contribution in [3.05, 3.63) is 23.8 Å². The number of phenolic OH excluding ortho intramolecular Hbond substituents is 2. The lowest BCUT2D eigenvalue weighted by Crippen LogP contribution is -2.45. The first-order chi connectivity index (χ1) is 9.06. The Labute approximate surface area is 115 Å². The summed E-state index contributed by atoms with van der Waals surface area (Å²) in [5.74, 6) is 0.849. The second-order valence-corrected chi connectivity index (χ2v) is 5.71. The minimum absolute atomic E-state index is 0.138. The third-order valence-corrected chi connectivity index (χ3v) is 3.60. The maximum atomic E-state index is 9.68. The van der Waals surface area contributed by atoms with E-state index in [9.17, 15) is 10.2 Å². The van der Waals surface area contributed by atoms with Crippen molar-refractivity contribution in [2.45, 2.75) is 26.3 Å². The summed E-state index contributed by atoms with van der Waals surface area (Å²) in [6.07, 6.45) is 1.03. The zero-order valence-corrected chi connectivity index (χ0v) is 11.8. The quantitative estimate of drug-likeness (QED) is 0.779. The van der Waals surface area contributed by atoms with Crippen molar-refractivity contribution >= 4 is 0 Å². The second-order valence-electron chi connectivity index (χ2n) is 5.71. The van der Waals surface area contributed by atoms with Gasteiger partial charge in [0.05, 0.1) is 0 Å². The topological polar surface area (TPSA) is 55.7 Å². The molecule has 1 heterocycles. The van der Waals surface area contributed by atoms with Gasteiger partial charge in [-0.1, -0.05) is 13.8 Å². The molecule has 0 radical (unpaired) electrons. The summed E-state index contributed by atoms with van der Waals surface area (Å²) in [6, 6.07) is 5.19. The number of nitrogens with one attached hydrogen (secondary N) is 1. The number of nitrogens with zero attached hydrogens (tertiary/aromatic N) is 1. The normalized spacial score (nSPS) is 18.7. The molecule has 2 rings (SSSR count). The molecule has 1 saturated heterocycles. The van der Waals surface area contributed by atoms with E-state index in [1.54, 1.807) is 12.1 Å². The van der Waals surface area contributed by atoms with Crippen LogP contribution in [0.2, 0.25) is 0 Å². The third kappa shape index (κ3) is 3.85. The zero-order chi connectivity index (χ0) is 13.8. The molecule has 1 atom stereocenters. The van der Waals surface area contributed by atoms with E-state index in [2.05, 4.69) is 24.1 Å². The van der Waals surface area contributed by atoms with Gasteiger partial charge in [-0.2, -0.15) is 0 Å². The van der Waals surface area contributed by atoms with Gasteiger partial charge in [0.1, 0.15) is 11.5 Å². The summed E-state index contributed by atoms with van der Waals surface area (Å²) in [5.41, 5.74) is 1.01. The highest BCUT2D eigenvalue weighted by atomic mass is 16.3. The van der Waals surface area contributed by atoms with Gasteiger partial charge in [-0.05, 0) is 30.0 Å². The van der Waals surface area contributed by atoms with Crippen LogP contribution >= 0.6 is 0 Å². The van der Waals surface area contributed by atoms with Crippen molar-refractivity contribution in [3.8, 4) is 11.5 Å². The maximum absolute atomic E-state index is 9.68. The van der Waals surface area contributed by atoms with Crippen LogP contribution in [0.5, 0.6) is 11.5 Å². The summed E-state index contributed by atoms with van der Waals surface area (Å²) in [6.45, 7) is 8.43. The minimum Gasteiger partial charge on any atom is -0.508 e. The first-order valence-electron chi connectivity index (χ1n) is 7.04. The monoisotopic (exact) mass is 264 g/mol. The van der Waals surface area contributed by atoms with Gasteiger partial charge in [0, 0.05) is 38.3 Å². The second kappa shape index (κ2) is 6.26.